The molecule has 0 spiro atoms. The molecule has 1 aromatic rings. The van der Waals surface area contributed by atoms with E-state index in [2.05, 4.69) is 38.0 Å². The van der Waals surface area contributed by atoms with Crippen molar-refractivity contribution in [2.24, 2.45) is 5.73 Å². The predicted molar refractivity (Wildman–Crippen MR) is 75.6 cm³/mol. The zero-order valence-corrected chi connectivity index (χ0v) is 12.6. The van der Waals surface area contributed by atoms with Gasteiger partial charge in [0.05, 0.1) is 10.7 Å². The summed E-state index contributed by atoms with van der Waals surface area (Å²) in [7, 11) is 0. The third kappa shape index (κ3) is 3.78. The fourth-order valence-corrected chi connectivity index (χ4v) is 2.41. The fourth-order valence-electron chi connectivity index (χ4n) is 1.48. The highest BCUT2D eigenvalue weighted by molar-refractivity contribution is 7.09. The van der Waals surface area contributed by atoms with E-state index in [1.165, 1.54) is 0 Å². The van der Waals surface area contributed by atoms with Crippen LogP contribution in [0.4, 0.5) is 0 Å². The Bertz CT molecular complexity index is 409. The minimum atomic E-state index is -0.493. The van der Waals surface area contributed by atoms with Gasteiger partial charge in [-0.2, -0.15) is 0 Å². The summed E-state index contributed by atoms with van der Waals surface area (Å²) in [6.07, 6.45) is 0.944. The number of nitrogens with two attached hydrogens (primary N) is 1. The second-order valence-corrected chi connectivity index (χ2v) is 6.50. The summed E-state index contributed by atoms with van der Waals surface area (Å²) in [6, 6.07) is -0.255. The van der Waals surface area contributed by atoms with Gasteiger partial charge in [0.15, 0.2) is 0 Å². The molecule has 5 heteroatoms. The Hall–Kier alpha value is -0.940. The molecule has 1 rings (SSSR count). The monoisotopic (exact) mass is 269 g/mol. The maximum Gasteiger partial charge on any atom is 0.240 e. The molecule has 1 heterocycles. The highest BCUT2D eigenvalue weighted by atomic mass is 32.1. The van der Waals surface area contributed by atoms with Gasteiger partial charge in [0.1, 0.15) is 6.04 Å². The van der Waals surface area contributed by atoms with Gasteiger partial charge in [0.2, 0.25) is 5.91 Å². The Balaban J connectivity index is 2.93. The third-order valence-electron chi connectivity index (χ3n) is 2.81. The number of thiazole rings is 1. The summed E-state index contributed by atoms with van der Waals surface area (Å²) in [5.41, 5.74) is 6.19. The number of carbonyl (C=O) groups is 1. The van der Waals surface area contributed by atoms with Crippen LogP contribution >= 0.6 is 11.3 Å². The van der Waals surface area contributed by atoms with E-state index in [0.29, 0.717) is 0 Å². The number of nitrogens with one attached hydrogen (secondary N) is 1. The Morgan fingerprint density at radius 1 is 1.56 bits per heavy atom. The van der Waals surface area contributed by atoms with Crippen molar-refractivity contribution in [2.75, 3.05) is 0 Å². The standard InChI is InChI=1S/C13H23N3OS/c1-6-8(2)15-10(11(14)17)9-7-18-12(16-9)13(3,4)5/h7-8,10,15H,6H2,1-5H3,(H2,14,17). The molecule has 0 fully saturated rings. The molecule has 1 amide bonds. The van der Waals surface area contributed by atoms with Crippen LogP contribution < -0.4 is 11.1 Å². The molecular formula is C13H23N3OS. The fraction of sp³-hybridized carbons (Fsp3) is 0.692. The van der Waals surface area contributed by atoms with Gasteiger partial charge in [-0.25, -0.2) is 4.98 Å². The molecule has 102 valence electrons. The number of primary amides is 1. The Labute approximate surface area is 113 Å². The first-order chi connectivity index (χ1) is 8.25. The number of nitrogens with zero attached hydrogens (tertiary/aromatic N) is 1. The zero-order valence-electron chi connectivity index (χ0n) is 11.8. The molecule has 2 unspecified atom stereocenters. The molecule has 0 bridgehead atoms. The lowest BCUT2D eigenvalue weighted by Crippen LogP contribution is -2.38. The predicted octanol–water partition coefficient (Wildman–Crippen LogP) is 2.36. The lowest BCUT2D eigenvalue weighted by molar-refractivity contribution is -0.120. The van der Waals surface area contributed by atoms with Crippen LogP contribution in [0.3, 0.4) is 0 Å². The zero-order chi connectivity index (χ0) is 13.9. The van der Waals surface area contributed by atoms with Crippen LogP contribution in [0.1, 0.15) is 57.8 Å². The van der Waals surface area contributed by atoms with E-state index in [1.54, 1.807) is 11.3 Å². The highest BCUT2D eigenvalue weighted by Crippen LogP contribution is 2.27. The molecule has 0 aromatic carbocycles. The van der Waals surface area contributed by atoms with Crippen molar-refractivity contribution in [2.45, 2.75) is 58.5 Å². The Morgan fingerprint density at radius 3 is 2.56 bits per heavy atom. The summed E-state index contributed by atoms with van der Waals surface area (Å²) in [5.74, 6) is -0.374. The van der Waals surface area contributed by atoms with Crippen molar-refractivity contribution >= 4 is 17.2 Å². The molecule has 3 N–H and O–H groups in total. The van der Waals surface area contributed by atoms with Gasteiger partial charge in [-0.1, -0.05) is 27.7 Å². The highest BCUT2D eigenvalue weighted by Gasteiger charge is 2.25. The summed E-state index contributed by atoms with van der Waals surface area (Å²) < 4.78 is 0. The molecule has 4 nitrogen and oxygen atoms in total. The van der Waals surface area contributed by atoms with Crippen LogP contribution in [-0.2, 0) is 10.2 Å². The number of hydrogen-bond donors (Lipinski definition) is 2. The summed E-state index contributed by atoms with van der Waals surface area (Å²) in [4.78, 5) is 16.1. The molecule has 0 radical (unpaired) electrons. The largest absolute Gasteiger partial charge is 0.368 e. The van der Waals surface area contributed by atoms with Crippen molar-refractivity contribution < 1.29 is 4.79 Å². The Morgan fingerprint density at radius 2 is 2.17 bits per heavy atom. The average molecular weight is 269 g/mol. The molecule has 0 aliphatic heterocycles. The van der Waals surface area contributed by atoms with Crippen LogP contribution in [0, 0.1) is 0 Å². The summed E-state index contributed by atoms with van der Waals surface area (Å²) >= 11 is 1.58. The van der Waals surface area contributed by atoms with Crippen molar-refractivity contribution in [1.82, 2.24) is 10.3 Å². The molecule has 0 saturated carbocycles. The van der Waals surface area contributed by atoms with Crippen molar-refractivity contribution in [3.05, 3.63) is 16.1 Å². The van der Waals surface area contributed by atoms with Crippen LogP contribution in [0.2, 0.25) is 0 Å². The van der Waals surface area contributed by atoms with Gasteiger partial charge < -0.3 is 5.73 Å². The van der Waals surface area contributed by atoms with E-state index in [-0.39, 0.29) is 17.4 Å². The van der Waals surface area contributed by atoms with E-state index in [4.69, 9.17) is 5.73 Å². The number of amides is 1. The second-order valence-electron chi connectivity index (χ2n) is 5.64. The molecule has 18 heavy (non-hydrogen) atoms. The minimum absolute atomic E-state index is 0.00147. The molecule has 0 aliphatic carbocycles. The number of aromatic nitrogens is 1. The lowest BCUT2D eigenvalue weighted by Gasteiger charge is -2.19. The van der Waals surface area contributed by atoms with E-state index in [1.807, 2.05) is 12.3 Å². The van der Waals surface area contributed by atoms with Crippen molar-refractivity contribution in [1.29, 1.82) is 0 Å². The van der Waals surface area contributed by atoms with Gasteiger partial charge >= 0.3 is 0 Å². The molecule has 2 atom stereocenters. The minimum Gasteiger partial charge on any atom is -0.368 e. The van der Waals surface area contributed by atoms with E-state index in [9.17, 15) is 4.79 Å². The SMILES string of the molecule is CCC(C)NC(C(N)=O)c1csc(C(C)(C)C)n1. The Kier molecular flexibility index (Phi) is 4.87. The topological polar surface area (TPSA) is 68.0 Å². The van der Waals surface area contributed by atoms with E-state index in [0.717, 1.165) is 17.1 Å². The summed E-state index contributed by atoms with van der Waals surface area (Å²) in [6.45, 7) is 10.4. The number of hydrogen-bond acceptors (Lipinski definition) is 4. The molecule has 1 aromatic heterocycles. The summed E-state index contributed by atoms with van der Waals surface area (Å²) in [5, 5.41) is 6.16. The first kappa shape index (κ1) is 15.1. The first-order valence-corrected chi connectivity index (χ1v) is 7.15. The van der Waals surface area contributed by atoms with E-state index >= 15 is 0 Å². The average Bonchev–Trinajstić information content (AvgIpc) is 2.73. The molecule has 0 saturated heterocycles. The van der Waals surface area contributed by atoms with Crippen LogP contribution in [0.5, 0.6) is 0 Å². The third-order valence-corrected chi connectivity index (χ3v) is 4.09. The maximum atomic E-state index is 11.5. The van der Waals surface area contributed by atoms with E-state index < -0.39 is 6.04 Å². The van der Waals surface area contributed by atoms with Gasteiger partial charge in [-0.15, -0.1) is 11.3 Å². The van der Waals surface area contributed by atoms with Gasteiger partial charge in [-0.3, -0.25) is 10.1 Å². The van der Waals surface area contributed by atoms with Crippen LogP contribution in [0.25, 0.3) is 0 Å². The lowest BCUT2D eigenvalue weighted by atomic mass is 9.98. The number of carbonyl (C=O) groups excluding carboxylic acids is 1. The first-order valence-electron chi connectivity index (χ1n) is 6.27. The van der Waals surface area contributed by atoms with Crippen LogP contribution in [-0.4, -0.2) is 16.9 Å². The number of rotatable bonds is 5. The second kappa shape index (κ2) is 5.80. The van der Waals surface area contributed by atoms with Crippen molar-refractivity contribution in [3.63, 3.8) is 0 Å². The van der Waals surface area contributed by atoms with Gasteiger partial charge in [0, 0.05) is 16.8 Å². The molecular weight excluding hydrogens is 246 g/mol. The van der Waals surface area contributed by atoms with Gasteiger partial charge in [0.25, 0.3) is 0 Å². The normalized spacial score (nSPS) is 15.4. The molecule has 0 aliphatic rings. The maximum absolute atomic E-state index is 11.5. The van der Waals surface area contributed by atoms with Gasteiger partial charge in [-0.05, 0) is 13.3 Å². The quantitative estimate of drug-likeness (QED) is 0.862. The van der Waals surface area contributed by atoms with Crippen molar-refractivity contribution in [3.8, 4) is 0 Å². The smallest absolute Gasteiger partial charge is 0.240 e. The van der Waals surface area contributed by atoms with Crippen LogP contribution in [0.15, 0.2) is 5.38 Å².